The summed E-state index contributed by atoms with van der Waals surface area (Å²) < 4.78 is 0. The van der Waals surface area contributed by atoms with Crippen LogP contribution in [0.5, 0.6) is 0 Å². The minimum Gasteiger partial charge on any atom is -0.376 e. The summed E-state index contributed by atoms with van der Waals surface area (Å²) in [6, 6.07) is 5.79. The predicted molar refractivity (Wildman–Crippen MR) is 118 cm³/mol. The van der Waals surface area contributed by atoms with Gasteiger partial charge in [0.15, 0.2) is 0 Å². The SMILES string of the molecule is C=C(Cl)/C=C\C(=C/C)N1CCN(C(=O)CNc2ccc3c(c2)CCC(=O)N3)CC1. The summed E-state index contributed by atoms with van der Waals surface area (Å²) in [5.41, 5.74) is 3.94. The van der Waals surface area contributed by atoms with Crippen LogP contribution in [-0.4, -0.2) is 54.3 Å². The second kappa shape index (κ2) is 9.65. The summed E-state index contributed by atoms with van der Waals surface area (Å²) in [6.45, 7) is 8.84. The molecule has 7 heteroatoms. The third-order valence-corrected chi connectivity index (χ3v) is 5.30. The summed E-state index contributed by atoms with van der Waals surface area (Å²) in [5, 5.41) is 6.58. The molecule has 0 unspecified atom stereocenters. The Hall–Kier alpha value is -2.73. The molecule has 1 aromatic carbocycles. The molecule has 1 fully saturated rings. The molecule has 0 spiro atoms. The minimum atomic E-state index is 0.0525. The van der Waals surface area contributed by atoms with Crippen LogP contribution in [0.15, 0.2) is 53.7 Å². The van der Waals surface area contributed by atoms with Gasteiger partial charge in [-0.2, -0.15) is 0 Å². The number of hydrogen-bond donors (Lipinski definition) is 2. The van der Waals surface area contributed by atoms with Crippen LogP contribution in [0.2, 0.25) is 0 Å². The van der Waals surface area contributed by atoms with Crippen LogP contribution in [0.3, 0.4) is 0 Å². The Labute approximate surface area is 176 Å². The fraction of sp³-hybridized carbons (Fsp3) is 0.364. The van der Waals surface area contributed by atoms with Gasteiger partial charge in [0.05, 0.1) is 6.54 Å². The van der Waals surface area contributed by atoms with Gasteiger partial charge >= 0.3 is 0 Å². The van der Waals surface area contributed by atoms with E-state index in [4.69, 9.17) is 11.6 Å². The first-order chi connectivity index (χ1) is 14.0. The van der Waals surface area contributed by atoms with E-state index in [1.165, 1.54) is 0 Å². The number of piperazine rings is 1. The number of amides is 2. The fourth-order valence-corrected chi connectivity index (χ4v) is 3.62. The van der Waals surface area contributed by atoms with E-state index in [1.54, 1.807) is 6.08 Å². The molecule has 154 valence electrons. The Kier molecular flexibility index (Phi) is 6.99. The molecular formula is C22H27ClN4O2. The number of rotatable bonds is 6. The number of allylic oxidation sites excluding steroid dienone is 4. The number of anilines is 2. The summed E-state index contributed by atoms with van der Waals surface area (Å²) in [7, 11) is 0. The molecule has 2 aliphatic rings. The van der Waals surface area contributed by atoms with Gasteiger partial charge in [-0.1, -0.05) is 24.3 Å². The molecule has 3 rings (SSSR count). The number of benzene rings is 1. The Morgan fingerprint density at radius 3 is 2.62 bits per heavy atom. The van der Waals surface area contributed by atoms with E-state index < -0.39 is 0 Å². The molecule has 1 saturated heterocycles. The van der Waals surface area contributed by atoms with Crippen LogP contribution < -0.4 is 10.6 Å². The number of carbonyl (C=O) groups is 2. The Bertz CT molecular complexity index is 854. The van der Waals surface area contributed by atoms with Crippen LogP contribution in [0, 0.1) is 0 Å². The highest BCUT2D eigenvalue weighted by Crippen LogP contribution is 2.25. The molecule has 2 N–H and O–H groups in total. The average Bonchev–Trinajstić information content (AvgIpc) is 2.72. The summed E-state index contributed by atoms with van der Waals surface area (Å²) >= 11 is 5.81. The first kappa shape index (κ1) is 21.0. The maximum atomic E-state index is 12.6. The first-order valence-electron chi connectivity index (χ1n) is 9.84. The molecule has 2 amide bonds. The van der Waals surface area contributed by atoms with Gasteiger partial charge in [0.1, 0.15) is 0 Å². The van der Waals surface area contributed by atoms with Gasteiger partial charge in [-0.15, -0.1) is 0 Å². The fourth-order valence-electron chi connectivity index (χ4n) is 3.56. The lowest BCUT2D eigenvalue weighted by molar-refractivity contribution is -0.130. The van der Waals surface area contributed by atoms with Crippen molar-refractivity contribution in [3.05, 3.63) is 59.3 Å². The largest absolute Gasteiger partial charge is 0.376 e. The zero-order valence-electron chi connectivity index (χ0n) is 16.7. The number of fused-ring (bicyclic) bond motifs is 1. The van der Waals surface area contributed by atoms with E-state index >= 15 is 0 Å². The van der Waals surface area contributed by atoms with Crippen molar-refractivity contribution in [3.8, 4) is 0 Å². The maximum Gasteiger partial charge on any atom is 0.241 e. The standard InChI is InChI=1S/C22H27ClN4O2/c1-3-19(7-4-16(2)23)26-10-12-27(13-11-26)22(29)15-24-18-6-8-20-17(14-18)5-9-21(28)25-20/h3-4,6-8,14,24H,2,5,9-13,15H2,1H3,(H,25,28)/b7-4-,19-3+. The van der Waals surface area contributed by atoms with Crippen LogP contribution >= 0.6 is 11.6 Å². The van der Waals surface area contributed by atoms with E-state index in [1.807, 2.05) is 42.2 Å². The van der Waals surface area contributed by atoms with Crippen molar-refractivity contribution in [3.63, 3.8) is 0 Å². The van der Waals surface area contributed by atoms with Gasteiger partial charge in [0.25, 0.3) is 0 Å². The number of carbonyl (C=O) groups excluding carboxylic acids is 2. The number of halogens is 1. The lowest BCUT2D eigenvalue weighted by atomic mass is 10.0. The molecule has 0 aromatic heterocycles. The van der Waals surface area contributed by atoms with Crippen molar-refractivity contribution >= 4 is 34.8 Å². The smallest absolute Gasteiger partial charge is 0.241 e. The molecule has 2 aliphatic heterocycles. The normalized spacial score (nSPS) is 17.2. The Balaban J connectivity index is 1.49. The Morgan fingerprint density at radius 2 is 1.93 bits per heavy atom. The van der Waals surface area contributed by atoms with Gasteiger partial charge in [0.2, 0.25) is 11.8 Å². The molecule has 0 radical (unpaired) electrons. The lowest BCUT2D eigenvalue weighted by Gasteiger charge is -2.36. The summed E-state index contributed by atoms with van der Waals surface area (Å²) in [4.78, 5) is 28.2. The van der Waals surface area contributed by atoms with Gasteiger partial charge < -0.3 is 20.4 Å². The van der Waals surface area contributed by atoms with Gasteiger partial charge in [0, 0.05) is 54.7 Å². The minimum absolute atomic E-state index is 0.0525. The first-order valence-corrected chi connectivity index (χ1v) is 10.2. The quantitative estimate of drug-likeness (QED) is 0.701. The third-order valence-electron chi connectivity index (χ3n) is 5.17. The van der Waals surface area contributed by atoms with Crippen LogP contribution in [0.25, 0.3) is 0 Å². The zero-order chi connectivity index (χ0) is 20.8. The highest BCUT2D eigenvalue weighted by Gasteiger charge is 2.21. The number of aryl methyl sites for hydroxylation is 1. The second-order valence-corrected chi connectivity index (χ2v) is 7.62. The van der Waals surface area contributed by atoms with E-state index in [2.05, 4.69) is 22.1 Å². The van der Waals surface area contributed by atoms with Gasteiger partial charge in [-0.25, -0.2) is 0 Å². The van der Waals surface area contributed by atoms with E-state index in [9.17, 15) is 9.59 Å². The van der Waals surface area contributed by atoms with Crippen molar-refractivity contribution < 1.29 is 9.59 Å². The lowest BCUT2D eigenvalue weighted by Crippen LogP contribution is -2.49. The van der Waals surface area contributed by atoms with Crippen molar-refractivity contribution in [2.45, 2.75) is 19.8 Å². The van der Waals surface area contributed by atoms with Crippen molar-refractivity contribution in [2.24, 2.45) is 0 Å². The summed E-state index contributed by atoms with van der Waals surface area (Å²) in [5.74, 6) is 0.138. The van der Waals surface area contributed by atoms with E-state index in [-0.39, 0.29) is 18.4 Å². The molecule has 0 atom stereocenters. The molecule has 0 saturated carbocycles. The van der Waals surface area contributed by atoms with Crippen LogP contribution in [0.1, 0.15) is 18.9 Å². The third kappa shape index (κ3) is 5.64. The zero-order valence-corrected chi connectivity index (χ0v) is 17.5. The second-order valence-electron chi connectivity index (χ2n) is 7.14. The maximum absolute atomic E-state index is 12.6. The monoisotopic (exact) mass is 414 g/mol. The topological polar surface area (TPSA) is 64.7 Å². The average molecular weight is 415 g/mol. The highest BCUT2D eigenvalue weighted by molar-refractivity contribution is 6.30. The molecule has 0 bridgehead atoms. The Morgan fingerprint density at radius 1 is 1.21 bits per heavy atom. The van der Waals surface area contributed by atoms with Crippen molar-refractivity contribution in [1.29, 1.82) is 0 Å². The van der Waals surface area contributed by atoms with E-state index in [0.29, 0.717) is 24.5 Å². The van der Waals surface area contributed by atoms with Crippen molar-refractivity contribution in [2.75, 3.05) is 43.4 Å². The number of nitrogens with one attached hydrogen (secondary N) is 2. The number of nitrogens with zero attached hydrogens (tertiary/aromatic N) is 2. The molecule has 29 heavy (non-hydrogen) atoms. The molecule has 1 aromatic rings. The molecule has 0 aliphatic carbocycles. The van der Waals surface area contributed by atoms with E-state index in [0.717, 1.165) is 42.1 Å². The predicted octanol–water partition coefficient (Wildman–Crippen LogP) is 3.34. The summed E-state index contributed by atoms with van der Waals surface area (Å²) in [6.07, 6.45) is 7.00. The van der Waals surface area contributed by atoms with Gasteiger partial charge in [-0.3, -0.25) is 9.59 Å². The molecule has 6 nitrogen and oxygen atoms in total. The highest BCUT2D eigenvalue weighted by atomic mass is 35.5. The van der Waals surface area contributed by atoms with Crippen LogP contribution in [-0.2, 0) is 16.0 Å². The van der Waals surface area contributed by atoms with Gasteiger partial charge in [-0.05, 0) is 49.3 Å². The number of hydrogen-bond acceptors (Lipinski definition) is 4. The molecular weight excluding hydrogens is 388 g/mol. The van der Waals surface area contributed by atoms with Crippen LogP contribution in [0.4, 0.5) is 11.4 Å². The molecule has 2 heterocycles. The van der Waals surface area contributed by atoms with Crippen molar-refractivity contribution in [1.82, 2.24) is 9.80 Å².